The SMILES string of the molecule is Cn1ccnc1-c1cc(NCc2ccccn2)nc2[nH]ccc12. The Hall–Kier alpha value is -3.15. The van der Waals surface area contributed by atoms with Crippen LogP contribution in [0.15, 0.2) is 55.1 Å². The number of hydrogen-bond donors (Lipinski definition) is 2. The van der Waals surface area contributed by atoms with E-state index in [1.807, 2.05) is 54.3 Å². The first kappa shape index (κ1) is 13.5. The fraction of sp³-hybridized carbons (Fsp3) is 0.118. The molecule has 0 saturated carbocycles. The lowest BCUT2D eigenvalue weighted by atomic mass is 10.1. The quantitative estimate of drug-likeness (QED) is 0.608. The molecule has 114 valence electrons. The first-order chi connectivity index (χ1) is 11.3. The van der Waals surface area contributed by atoms with Gasteiger partial charge in [-0.15, -0.1) is 0 Å². The van der Waals surface area contributed by atoms with Crippen molar-refractivity contribution < 1.29 is 0 Å². The van der Waals surface area contributed by atoms with Crippen molar-refractivity contribution in [1.82, 2.24) is 24.5 Å². The van der Waals surface area contributed by atoms with Crippen LogP contribution in [0, 0.1) is 0 Å². The Morgan fingerprint density at radius 3 is 2.91 bits per heavy atom. The van der Waals surface area contributed by atoms with Gasteiger partial charge in [-0.2, -0.15) is 0 Å². The van der Waals surface area contributed by atoms with Crippen LogP contribution < -0.4 is 5.32 Å². The number of fused-ring (bicyclic) bond motifs is 1. The van der Waals surface area contributed by atoms with Gasteiger partial charge in [-0.25, -0.2) is 9.97 Å². The molecule has 4 aromatic heterocycles. The summed E-state index contributed by atoms with van der Waals surface area (Å²) in [6.07, 6.45) is 7.43. The van der Waals surface area contributed by atoms with E-state index >= 15 is 0 Å². The lowest BCUT2D eigenvalue weighted by molar-refractivity contribution is 0.925. The van der Waals surface area contributed by atoms with Gasteiger partial charge in [0.15, 0.2) is 0 Å². The smallest absolute Gasteiger partial charge is 0.140 e. The van der Waals surface area contributed by atoms with Crippen molar-refractivity contribution in [2.45, 2.75) is 6.54 Å². The van der Waals surface area contributed by atoms with Crippen molar-refractivity contribution in [3.63, 3.8) is 0 Å². The average Bonchev–Trinajstić information content (AvgIpc) is 3.22. The van der Waals surface area contributed by atoms with Crippen molar-refractivity contribution in [2.24, 2.45) is 7.05 Å². The highest BCUT2D eigenvalue weighted by atomic mass is 15.0. The second-order valence-corrected chi connectivity index (χ2v) is 5.33. The van der Waals surface area contributed by atoms with E-state index in [0.29, 0.717) is 6.54 Å². The summed E-state index contributed by atoms with van der Waals surface area (Å²) in [5.41, 5.74) is 2.86. The molecule has 4 aromatic rings. The Morgan fingerprint density at radius 1 is 1.17 bits per heavy atom. The Kier molecular flexibility index (Phi) is 3.27. The minimum atomic E-state index is 0.625. The molecule has 0 aromatic carbocycles. The number of rotatable bonds is 4. The summed E-state index contributed by atoms with van der Waals surface area (Å²) in [6.45, 7) is 0.625. The van der Waals surface area contributed by atoms with Crippen LogP contribution in [0.25, 0.3) is 22.4 Å². The monoisotopic (exact) mass is 304 g/mol. The Balaban J connectivity index is 1.72. The third kappa shape index (κ3) is 2.55. The van der Waals surface area contributed by atoms with Crippen LogP contribution in [-0.4, -0.2) is 24.5 Å². The molecule has 4 rings (SSSR count). The van der Waals surface area contributed by atoms with Crippen molar-refractivity contribution in [3.05, 3.63) is 60.8 Å². The number of aryl methyl sites for hydroxylation is 1. The predicted molar refractivity (Wildman–Crippen MR) is 89.9 cm³/mol. The van der Waals surface area contributed by atoms with Crippen LogP contribution in [0.5, 0.6) is 0 Å². The number of H-pyrrole nitrogens is 1. The van der Waals surface area contributed by atoms with Crippen molar-refractivity contribution in [1.29, 1.82) is 0 Å². The van der Waals surface area contributed by atoms with Crippen molar-refractivity contribution in [3.8, 4) is 11.4 Å². The Labute approximate surface area is 133 Å². The van der Waals surface area contributed by atoms with E-state index in [-0.39, 0.29) is 0 Å². The standard InChI is InChI=1S/C17H16N6/c1-23-9-8-20-17(23)14-10-15(22-16-13(14)5-7-19-16)21-11-12-4-2-3-6-18-12/h2-10H,11H2,1H3,(H2,19,21,22). The van der Waals surface area contributed by atoms with Gasteiger partial charge in [0.05, 0.1) is 12.2 Å². The molecule has 6 nitrogen and oxygen atoms in total. The van der Waals surface area contributed by atoms with E-state index in [9.17, 15) is 0 Å². The van der Waals surface area contributed by atoms with Gasteiger partial charge in [0.25, 0.3) is 0 Å². The fourth-order valence-corrected chi connectivity index (χ4v) is 2.62. The predicted octanol–water partition coefficient (Wildman–Crippen LogP) is 2.97. The fourth-order valence-electron chi connectivity index (χ4n) is 2.62. The van der Waals surface area contributed by atoms with Crippen LogP contribution in [0.2, 0.25) is 0 Å². The molecule has 0 saturated heterocycles. The number of hydrogen-bond acceptors (Lipinski definition) is 4. The molecule has 0 amide bonds. The van der Waals surface area contributed by atoms with E-state index in [1.165, 1.54) is 0 Å². The lowest BCUT2D eigenvalue weighted by Gasteiger charge is -2.09. The highest BCUT2D eigenvalue weighted by Gasteiger charge is 2.12. The molecule has 6 heteroatoms. The Morgan fingerprint density at radius 2 is 2.13 bits per heavy atom. The van der Waals surface area contributed by atoms with E-state index in [4.69, 9.17) is 0 Å². The van der Waals surface area contributed by atoms with Crippen LogP contribution in [0.3, 0.4) is 0 Å². The summed E-state index contributed by atoms with van der Waals surface area (Å²) in [7, 11) is 1.99. The normalized spacial score (nSPS) is 11.0. The highest BCUT2D eigenvalue weighted by Crippen LogP contribution is 2.28. The number of nitrogens with one attached hydrogen (secondary N) is 2. The topological polar surface area (TPSA) is 71.4 Å². The van der Waals surface area contributed by atoms with E-state index in [2.05, 4.69) is 25.3 Å². The van der Waals surface area contributed by atoms with Crippen LogP contribution in [0.1, 0.15) is 5.69 Å². The third-order valence-corrected chi connectivity index (χ3v) is 3.77. The summed E-state index contributed by atoms with van der Waals surface area (Å²) in [5.74, 6) is 1.71. The Bertz CT molecular complexity index is 938. The minimum absolute atomic E-state index is 0.625. The summed E-state index contributed by atoms with van der Waals surface area (Å²) in [5, 5.41) is 4.39. The van der Waals surface area contributed by atoms with Gasteiger partial charge in [-0.1, -0.05) is 6.07 Å². The van der Waals surface area contributed by atoms with Crippen LogP contribution in [0.4, 0.5) is 5.82 Å². The molecule has 0 atom stereocenters. The molecule has 23 heavy (non-hydrogen) atoms. The van der Waals surface area contributed by atoms with Gasteiger partial charge in [-0.3, -0.25) is 4.98 Å². The number of anilines is 1. The largest absolute Gasteiger partial charge is 0.364 e. The van der Waals surface area contributed by atoms with Gasteiger partial charge in [0.1, 0.15) is 17.3 Å². The highest BCUT2D eigenvalue weighted by molar-refractivity contribution is 5.93. The molecule has 2 N–H and O–H groups in total. The zero-order valence-corrected chi connectivity index (χ0v) is 12.7. The molecule has 4 heterocycles. The first-order valence-electron chi connectivity index (χ1n) is 7.41. The second kappa shape index (κ2) is 5.57. The molecule has 0 fully saturated rings. The van der Waals surface area contributed by atoms with Crippen LogP contribution >= 0.6 is 0 Å². The summed E-state index contributed by atoms with van der Waals surface area (Å²) in [4.78, 5) is 16.6. The summed E-state index contributed by atoms with van der Waals surface area (Å²) < 4.78 is 2.00. The van der Waals surface area contributed by atoms with Gasteiger partial charge in [-0.05, 0) is 24.3 Å². The molecule has 0 aliphatic carbocycles. The van der Waals surface area contributed by atoms with Gasteiger partial charge in [0.2, 0.25) is 0 Å². The van der Waals surface area contributed by atoms with E-state index in [1.54, 1.807) is 12.4 Å². The van der Waals surface area contributed by atoms with E-state index in [0.717, 1.165) is 33.9 Å². The van der Waals surface area contributed by atoms with Crippen molar-refractivity contribution >= 4 is 16.9 Å². The number of aromatic amines is 1. The maximum atomic E-state index is 4.62. The third-order valence-electron chi connectivity index (χ3n) is 3.77. The molecule has 0 unspecified atom stereocenters. The number of imidazole rings is 1. The molecule has 0 aliphatic heterocycles. The maximum absolute atomic E-state index is 4.62. The molecular formula is C17H16N6. The number of aromatic nitrogens is 5. The summed E-state index contributed by atoms with van der Waals surface area (Å²) in [6, 6.07) is 9.92. The molecule has 0 aliphatic rings. The zero-order valence-electron chi connectivity index (χ0n) is 12.7. The first-order valence-corrected chi connectivity index (χ1v) is 7.41. The molecule has 0 spiro atoms. The van der Waals surface area contributed by atoms with Crippen molar-refractivity contribution in [2.75, 3.05) is 5.32 Å². The summed E-state index contributed by atoms with van der Waals surface area (Å²) >= 11 is 0. The second-order valence-electron chi connectivity index (χ2n) is 5.33. The van der Waals surface area contributed by atoms with Gasteiger partial charge < -0.3 is 14.9 Å². The minimum Gasteiger partial charge on any atom is -0.364 e. The van der Waals surface area contributed by atoms with E-state index < -0.39 is 0 Å². The number of nitrogens with zero attached hydrogens (tertiary/aromatic N) is 4. The molecule has 0 bridgehead atoms. The molecule has 0 radical (unpaired) electrons. The average molecular weight is 304 g/mol. The van der Waals surface area contributed by atoms with Crippen LogP contribution in [-0.2, 0) is 13.6 Å². The van der Waals surface area contributed by atoms with Gasteiger partial charge >= 0.3 is 0 Å². The van der Waals surface area contributed by atoms with Gasteiger partial charge in [0, 0.05) is 42.8 Å². The maximum Gasteiger partial charge on any atom is 0.140 e. The zero-order chi connectivity index (χ0) is 15.6. The molecular weight excluding hydrogens is 288 g/mol. The number of pyridine rings is 2. The lowest BCUT2D eigenvalue weighted by Crippen LogP contribution is -2.04.